The smallest absolute Gasteiger partial charge is 0.224 e. The van der Waals surface area contributed by atoms with Gasteiger partial charge in [0.05, 0.1) is 0 Å². The van der Waals surface area contributed by atoms with Crippen LogP contribution in [0.25, 0.3) is 0 Å². The summed E-state index contributed by atoms with van der Waals surface area (Å²) >= 11 is 3.41. The number of hydrogen-bond acceptors (Lipinski definition) is 2. The van der Waals surface area contributed by atoms with Crippen molar-refractivity contribution in [2.24, 2.45) is 0 Å². The predicted octanol–water partition coefficient (Wildman–Crippen LogP) is 8.27. The SMILES string of the molecule is C=CC.CC1=C(NC(=O)CCc2ccc(Br)cc2)CCC(c2cccnc2F)C1.CCCC. The summed E-state index contributed by atoms with van der Waals surface area (Å²) in [6.45, 7) is 11.6. The minimum absolute atomic E-state index is 0.0354. The molecule has 0 saturated heterocycles. The summed E-state index contributed by atoms with van der Waals surface area (Å²) in [7, 11) is 0. The Morgan fingerprint density at radius 1 is 1.24 bits per heavy atom. The Labute approximate surface area is 207 Å². The molecule has 0 aliphatic heterocycles. The number of benzene rings is 1. The number of aromatic nitrogens is 1. The molecule has 1 unspecified atom stereocenters. The van der Waals surface area contributed by atoms with Crippen LogP contribution in [0.5, 0.6) is 0 Å². The fourth-order valence-corrected chi connectivity index (χ4v) is 3.67. The fourth-order valence-electron chi connectivity index (χ4n) is 3.40. The van der Waals surface area contributed by atoms with Gasteiger partial charge in [-0.25, -0.2) is 4.98 Å². The number of hydrogen-bond donors (Lipinski definition) is 1. The lowest BCUT2D eigenvalue weighted by Gasteiger charge is -2.26. The number of amides is 1. The maximum Gasteiger partial charge on any atom is 0.224 e. The highest BCUT2D eigenvalue weighted by Crippen LogP contribution is 2.35. The maximum atomic E-state index is 13.9. The number of pyridine rings is 1. The first-order valence-corrected chi connectivity index (χ1v) is 12.6. The topological polar surface area (TPSA) is 42.0 Å². The zero-order valence-corrected chi connectivity index (χ0v) is 22.1. The number of aryl methyl sites for hydroxylation is 1. The van der Waals surface area contributed by atoms with E-state index in [9.17, 15) is 9.18 Å². The maximum absolute atomic E-state index is 13.9. The molecule has 33 heavy (non-hydrogen) atoms. The summed E-state index contributed by atoms with van der Waals surface area (Å²) in [5.74, 6) is -0.215. The minimum Gasteiger partial charge on any atom is -0.330 e. The van der Waals surface area contributed by atoms with Crippen LogP contribution in [0.1, 0.15) is 83.3 Å². The molecule has 0 radical (unpaired) electrons. The van der Waals surface area contributed by atoms with Crippen LogP contribution in [0.2, 0.25) is 0 Å². The molecule has 1 aliphatic carbocycles. The van der Waals surface area contributed by atoms with Gasteiger partial charge >= 0.3 is 0 Å². The minimum atomic E-state index is -0.382. The van der Waals surface area contributed by atoms with Crippen molar-refractivity contribution in [3.63, 3.8) is 0 Å². The molecule has 0 fully saturated rings. The first kappa shape index (κ1) is 28.8. The number of carbonyl (C=O) groups is 1. The first-order valence-electron chi connectivity index (χ1n) is 11.8. The third kappa shape index (κ3) is 10.9. The third-order valence-corrected chi connectivity index (χ3v) is 5.91. The molecule has 1 aromatic heterocycles. The highest BCUT2D eigenvalue weighted by atomic mass is 79.9. The summed E-state index contributed by atoms with van der Waals surface area (Å²) in [6.07, 6.45) is 9.37. The van der Waals surface area contributed by atoms with E-state index in [1.807, 2.05) is 44.2 Å². The zero-order chi connectivity index (χ0) is 24.6. The van der Waals surface area contributed by atoms with E-state index in [2.05, 4.69) is 46.7 Å². The number of carbonyl (C=O) groups excluding carboxylic acids is 1. The molecular formula is C28H38BrFN2O. The number of halogens is 2. The average molecular weight is 518 g/mol. The molecule has 3 nitrogen and oxygen atoms in total. The van der Waals surface area contributed by atoms with Gasteiger partial charge in [-0.3, -0.25) is 4.79 Å². The van der Waals surface area contributed by atoms with Crippen molar-refractivity contribution in [1.29, 1.82) is 0 Å². The van der Waals surface area contributed by atoms with Gasteiger partial charge in [0.15, 0.2) is 0 Å². The van der Waals surface area contributed by atoms with E-state index in [0.717, 1.165) is 47.0 Å². The second-order valence-corrected chi connectivity index (χ2v) is 9.08. The quantitative estimate of drug-likeness (QED) is 0.310. The Morgan fingerprint density at radius 3 is 2.42 bits per heavy atom. The lowest BCUT2D eigenvalue weighted by Crippen LogP contribution is -2.26. The Hall–Kier alpha value is -2.27. The van der Waals surface area contributed by atoms with E-state index in [-0.39, 0.29) is 17.8 Å². The fraction of sp³-hybridized carbons (Fsp3) is 0.429. The van der Waals surface area contributed by atoms with E-state index >= 15 is 0 Å². The van der Waals surface area contributed by atoms with Gasteiger partial charge in [0.25, 0.3) is 0 Å². The molecular weight excluding hydrogens is 479 g/mol. The molecule has 1 amide bonds. The van der Waals surface area contributed by atoms with Crippen LogP contribution in [0.4, 0.5) is 4.39 Å². The molecule has 1 aromatic carbocycles. The largest absolute Gasteiger partial charge is 0.330 e. The van der Waals surface area contributed by atoms with E-state index in [1.165, 1.54) is 19.0 Å². The van der Waals surface area contributed by atoms with Crippen LogP contribution in [0.15, 0.2) is 71.0 Å². The number of nitrogens with zero attached hydrogens (tertiary/aromatic N) is 1. The molecule has 1 atom stereocenters. The van der Waals surface area contributed by atoms with Gasteiger partial charge in [-0.05, 0) is 69.2 Å². The number of allylic oxidation sites excluding steroid dienone is 3. The van der Waals surface area contributed by atoms with E-state index in [0.29, 0.717) is 12.0 Å². The highest BCUT2D eigenvalue weighted by molar-refractivity contribution is 9.10. The Bertz CT molecular complexity index is 891. The van der Waals surface area contributed by atoms with E-state index < -0.39 is 0 Å². The van der Waals surface area contributed by atoms with Crippen molar-refractivity contribution in [3.05, 3.63) is 88.1 Å². The van der Waals surface area contributed by atoms with Crippen molar-refractivity contribution in [2.75, 3.05) is 0 Å². The molecule has 180 valence electrons. The Morgan fingerprint density at radius 2 is 1.88 bits per heavy atom. The summed E-state index contributed by atoms with van der Waals surface area (Å²) in [5.41, 5.74) is 3.94. The van der Waals surface area contributed by atoms with Crippen molar-refractivity contribution in [3.8, 4) is 0 Å². The Kier molecular flexibility index (Phi) is 14.3. The van der Waals surface area contributed by atoms with Crippen LogP contribution < -0.4 is 5.32 Å². The summed E-state index contributed by atoms with van der Waals surface area (Å²) in [6, 6.07) is 11.6. The lowest BCUT2D eigenvalue weighted by molar-refractivity contribution is -0.120. The molecule has 1 aliphatic rings. The van der Waals surface area contributed by atoms with Gasteiger partial charge in [0.1, 0.15) is 0 Å². The number of nitrogens with one attached hydrogen (secondary N) is 1. The standard InChI is InChI=1S/C21H22BrFN2O.C4H10.C3H6/c1-14-13-16(18-3-2-12-24-21(18)23)7-10-19(14)25-20(26)11-6-15-4-8-17(22)9-5-15;1-3-4-2;1-3-2/h2-5,8-9,12,16H,6-7,10-11,13H2,1H3,(H,25,26);3-4H2,1-2H3;3H,1H2,2H3. The second kappa shape index (κ2) is 16.4. The van der Waals surface area contributed by atoms with E-state index in [1.54, 1.807) is 12.1 Å². The Balaban J connectivity index is 0.000000688. The summed E-state index contributed by atoms with van der Waals surface area (Å²) < 4.78 is 14.9. The van der Waals surface area contributed by atoms with Gasteiger partial charge in [-0.15, -0.1) is 6.58 Å². The van der Waals surface area contributed by atoms with Crippen LogP contribution >= 0.6 is 15.9 Å². The molecule has 0 bridgehead atoms. The predicted molar refractivity (Wildman–Crippen MR) is 141 cm³/mol. The average Bonchev–Trinajstić information content (AvgIpc) is 2.81. The normalized spacial score (nSPS) is 14.9. The highest BCUT2D eigenvalue weighted by Gasteiger charge is 2.23. The number of rotatable bonds is 6. The van der Waals surface area contributed by atoms with Gasteiger partial charge < -0.3 is 5.32 Å². The molecule has 2 aromatic rings. The lowest BCUT2D eigenvalue weighted by atomic mass is 9.83. The van der Waals surface area contributed by atoms with Crippen LogP contribution in [0.3, 0.4) is 0 Å². The molecule has 1 N–H and O–H groups in total. The van der Waals surface area contributed by atoms with Crippen LogP contribution in [0, 0.1) is 5.95 Å². The van der Waals surface area contributed by atoms with E-state index in [4.69, 9.17) is 0 Å². The van der Waals surface area contributed by atoms with Crippen molar-refractivity contribution in [2.45, 2.75) is 78.6 Å². The van der Waals surface area contributed by atoms with Crippen molar-refractivity contribution >= 4 is 21.8 Å². The van der Waals surface area contributed by atoms with Gasteiger partial charge in [-0.1, -0.05) is 72.5 Å². The summed E-state index contributed by atoms with van der Waals surface area (Å²) in [4.78, 5) is 16.0. The molecule has 1 heterocycles. The first-order chi connectivity index (χ1) is 15.9. The van der Waals surface area contributed by atoms with Gasteiger partial charge in [0.2, 0.25) is 11.9 Å². The van der Waals surface area contributed by atoms with Crippen molar-refractivity contribution < 1.29 is 9.18 Å². The van der Waals surface area contributed by atoms with Gasteiger partial charge in [0, 0.05) is 28.4 Å². The molecule has 3 rings (SSSR count). The zero-order valence-electron chi connectivity index (χ0n) is 20.5. The summed E-state index contributed by atoms with van der Waals surface area (Å²) in [5, 5.41) is 3.06. The van der Waals surface area contributed by atoms with Crippen molar-refractivity contribution in [1.82, 2.24) is 10.3 Å². The third-order valence-electron chi connectivity index (χ3n) is 5.38. The molecule has 0 saturated carbocycles. The molecule has 5 heteroatoms. The van der Waals surface area contributed by atoms with Gasteiger partial charge in [-0.2, -0.15) is 4.39 Å². The monoisotopic (exact) mass is 516 g/mol. The molecule has 0 spiro atoms. The van der Waals surface area contributed by atoms with Crippen LogP contribution in [-0.2, 0) is 11.2 Å². The number of unbranched alkanes of at least 4 members (excludes halogenated alkanes) is 1. The second-order valence-electron chi connectivity index (χ2n) is 8.16. The van der Waals surface area contributed by atoms with Crippen LogP contribution in [-0.4, -0.2) is 10.9 Å².